The third-order valence-electron chi connectivity index (χ3n) is 2.99. The van der Waals surface area contributed by atoms with Gasteiger partial charge in [0.1, 0.15) is 11.6 Å². The van der Waals surface area contributed by atoms with Crippen molar-refractivity contribution >= 4 is 0 Å². The number of aromatic nitrogens is 2. The van der Waals surface area contributed by atoms with Crippen LogP contribution in [0.3, 0.4) is 0 Å². The van der Waals surface area contributed by atoms with E-state index in [2.05, 4.69) is 10.4 Å². The average molecular weight is 265 g/mol. The van der Waals surface area contributed by atoms with E-state index < -0.39 is 11.6 Å². The van der Waals surface area contributed by atoms with Crippen LogP contribution in [-0.4, -0.2) is 16.3 Å². The molecule has 0 fully saturated rings. The number of likely N-dealkylation sites (N-methyl/N-ethyl adjacent to an activating group) is 1. The molecule has 0 aliphatic heterocycles. The maximum atomic E-state index is 13.8. The van der Waals surface area contributed by atoms with Gasteiger partial charge in [-0.2, -0.15) is 5.10 Å². The van der Waals surface area contributed by atoms with Crippen molar-refractivity contribution in [2.24, 2.45) is 7.05 Å². The Balaban J connectivity index is 2.23. The monoisotopic (exact) mass is 265 g/mol. The van der Waals surface area contributed by atoms with Crippen molar-refractivity contribution in [1.29, 1.82) is 0 Å². The largest absolute Gasteiger partial charge is 0.310 e. The topological polar surface area (TPSA) is 29.9 Å². The van der Waals surface area contributed by atoms with Gasteiger partial charge >= 0.3 is 0 Å². The summed E-state index contributed by atoms with van der Waals surface area (Å²) >= 11 is 0. The van der Waals surface area contributed by atoms with Crippen molar-refractivity contribution < 1.29 is 8.78 Å². The average Bonchev–Trinajstić information content (AvgIpc) is 2.74. The lowest BCUT2D eigenvalue weighted by atomic mass is 10.00. The van der Waals surface area contributed by atoms with Crippen LogP contribution < -0.4 is 5.32 Å². The zero-order valence-electron chi connectivity index (χ0n) is 11.0. The Hall–Kier alpha value is -1.75. The highest BCUT2D eigenvalue weighted by molar-refractivity contribution is 5.24. The molecule has 0 saturated heterocycles. The van der Waals surface area contributed by atoms with Gasteiger partial charge in [-0.1, -0.05) is 13.0 Å². The van der Waals surface area contributed by atoms with E-state index in [1.54, 1.807) is 10.9 Å². The number of rotatable bonds is 5. The van der Waals surface area contributed by atoms with E-state index in [1.807, 2.05) is 20.2 Å². The lowest BCUT2D eigenvalue weighted by Crippen LogP contribution is -2.24. The van der Waals surface area contributed by atoms with Crippen LogP contribution >= 0.6 is 0 Å². The normalized spacial score (nSPS) is 12.6. The number of nitrogens with one attached hydrogen (secondary N) is 1. The summed E-state index contributed by atoms with van der Waals surface area (Å²) in [6.45, 7) is 2.67. The maximum absolute atomic E-state index is 13.8. The van der Waals surface area contributed by atoms with E-state index in [0.717, 1.165) is 11.6 Å². The third-order valence-corrected chi connectivity index (χ3v) is 2.99. The molecule has 1 N–H and O–H groups in total. The molecule has 0 aliphatic carbocycles. The second-order valence-corrected chi connectivity index (χ2v) is 4.50. The van der Waals surface area contributed by atoms with Crippen LogP contribution in [0.5, 0.6) is 0 Å². The smallest absolute Gasteiger partial charge is 0.130 e. The number of benzene rings is 1. The van der Waals surface area contributed by atoms with Crippen LogP contribution in [0, 0.1) is 11.6 Å². The van der Waals surface area contributed by atoms with Gasteiger partial charge in [0.15, 0.2) is 0 Å². The molecule has 5 heteroatoms. The van der Waals surface area contributed by atoms with Gasteiger partial charge in [0.2, 0.25) is 0 Å². The van der Waals surface area contributed by atoms with Crippen molar-refractivity contribution in [3.63, 3.8) is 0 Å². The van der Waals surface area contributed by atoms with E-state index in [4.69, 9.17) is 0 Å². The third kappa shape index (κ3) is 3.38. The van der Waals surface area contributed by atoms with Gasteiger partial charge in [0.25, 0.3) is 0 Å². The molecule has 0 saturated carbocycles. The molecular weight excluding hydrogens is 248 g/mol. The van der Waals surface area contributed by atoms with Gasteiger partial charge < -0.3 is 5.32 Å². The summed E-state index contributed by atoms with van der Waals surface area (Å²) in [4.78, 5) is 0. The van der Waals surface area contributed by atoms with Crippen LogP contribution in [0.15, 0.2) is 30.6 Å². The van der Waals surface area contributed by atoms with Crippen molar-refractivity contribution in [3.8, 4) is 0 Å². The highest BCUT2D eigenvalue weighted by Gasteiger charge is 2.16. The lowest BCUT2D eigenvalue weighted by molar-refractivity contribution is 0.502. The highest BCUT2D eigenvalue weighted by atomic mass is 19.1. The second-order valence-electron chi connectivity index (χ2n) is 4.50. The Morgan fingerprint density at radius 1 is 1.37 bits per heavy atom. The summed E-state index contributed by atoms with van der Waals surface area (Å²) in [5.41, 5.74) is 1.49. The molecule has 102 valence electrons. The van der Waals surface area contributed by atoms with E-state index in [-0.39, 0.29) is 6.04 Å². The number of hydrogen-bond acceptors (Lipinski definition) is 2. The predicted octanol–water partition coefficient (Wildman–Crippen LogP) is 2.59. The Bertz CT molecular complexity index is 551. The van der Waals surface area contributed by atoms with Crippen molar-refractivity contribution in [2.75, 3.05) is 6.54 Å². The molecule has 2 rings (SSSR count). The van der Waals surface area contributed by atoms with Gasteiger partial charge in [0, 0.05) is 30.9 Å². The summed E-state index contributed by atoms with van der Waals surface area (Å²) in [5, 5.41) is 7.31. The highest BCUT2D eigenvalue weighted by Crippen LogP contribution is 2.21. The van der Waals surface area contributed by atoms with E-state index in [9.17, 15) is 8.78 Å². The summed E-state index contributed by atoms with van der Waals surface area (Å²) < 4.78 is 28.5. The zero-order valence-corrected chi connectivity index (χ0v) is 11.0. The first-order valence-electron chi connectivity index (χ1n) is 6.26. The molecule has 0 amide bonds. The number of nitrogens with zero attached hydrogens (tertiary/aromatic N) is 2. The fraction of sp³-hybridized carbons (Fsp3) is 0.357. The molecule has 1 unspecified atom stereocenters. The second kappa shape index (κ2) is 5.93. The minimum absolute atomic E-state index is 0.185. The number of halogens is 2. The predicted molar refractivity (Wildman–Crippen MR) is 69.7 cm³/mol. The van der Waals surface area contributed by atoms with Gasteiger partial charge in [-0.25, -0.2) is 8.78 Å². The van der Waals surface area contributed by atoms with Crippen molar-refractivity contribution in [2.45, 2.75) is 19.4 Å². The molecule has 2 aromatic rings. The Morgan fingerprint density at radius 3 is 2.74 bits per heavy atom. The summed E-state index contributed by atoms with van der Waals surface area (Å²) in [5.74, 6) is -1.08. The van der Waals surface area contributed by atoms with Gasteiger partial charge in [-0.05, 0) is 24.6 Å². The van der Waals surface area contributed by atoms with Crippen LogP contribution in [0.2, 0.25) is 0 Å². The van der Waals surface area contributed by atoms with Gasteiger partial charge in [-0.3, -0.25) is 4.68 Å². The van der Waals surface area contributed by atoms with Gasteiger partial charge in [0.05, 0.1) is 6.20 Å². The molecule has 1 atom stereocenters. The van der Waals surface area contributed by atoms with Crippen LogP contribution in [0.25, 0.3) is 0 Å². The Labute approximate surface area is 111 Å². The summed E-state index contributed by atoms with van der Waals surface area (Å²) in [6, 6.07) is 3.51. The molecule has 0 aliphatic rings. The van der Waals surface area contributed by atoms with Gasteiger partial charge in [-0.15, -0.1) is 0 Å². The van der Waals surface area contributed by atoms with Crippen molar-refractivity contribution in [1.82, 2.24) is 15.1 Å². The van der Waals surface area contributed by atoms with Crippen LogP contribution in [0.4, 0.5) is 8.78 Å². The zero-order chi connectivity index (χ0) is 13.8. The molecule has 0 radical (unpaired) electrons. The number of hydrogen-bond donors (Lipinski definition) is 1. The first-order chi connectivity index (χ1) is 9.10. The first kappa shape index (κ1) is 13.7. The van der Waals surface area contributed by atoms with E-state index >= 15 is 0 Å². The molecule has 3 nitrogen and oxygen atoms in total. The standard InChI is InChI=1S/C14H17F2N3/c1-3-17-14(6-10-8-18-19(2)9-10)12-5-4-11(15)7-13(12)16/h4-5,7-9,14,17H,3,6H2,1-2H3. The van der Waals surface area contributed by atoms with Crippen LogP contribution in [0.1, 0.15) is 24.1 Å². The van der Waals surface area contributed by atoms with E-state index in [0.29, 0.717) is 18.5 Å². The minimum atomic E-state index is -0.558. The van der Waals surface area contributed by atoms with E-state index in [1.165, 1.54) is 12.1 Å². The summed E-state index contributed by atoms with van der Waals surface area (Å²) in [7, 11) is 1.84. The molecule has 1 aromatic heterocycles. The molecule has 0 spiro atoms. The van der Waals surface area contributed by atoms with Crippen molar-refractivity contribution in [3.05, 3.63) is 53.4 Å². The molecule has 1 aromatic carbocycles. The maximum Gasteiger partial charge on any atom is 0.130 e. The fourth-order valence-electron chi connectivity index (χ4n) is 2.14. The Morgan fingerprint density at radius 2 is 2.16 bits per heavy atom. The summed E-state index contributed by atoms with van der Waals surface area (Å²) in [6.07, 6.45) is 4.27. The minimum Gasteiger partial charge on any atom is -0.310 e. The lowest BCUT2D eigenvalue weighted by Gasteiger charge is -2.18. The molecule has 0 bridgehead atoms. The fourth-order valence-corrected chi connectivity index (χ4v) is 2.14. The number of aryl methyl sites for hydroxylation is 1. The first-order valence-corrected chi connectivity index (χ1v) is 6.26. The van der Waals surface area contributed by atoms with Crippen LogP contribution in [-0.2, 0) is 13.5 Å². The Kier molecular flexibility index (Phi) is 4.27. The molecular formula is C14H17F2N3. The molecule has 1 heterocycles. The molecule has 19 heavy (non-hydrogen) atoms. The quantitative estimate of drug-likeness (QED) is 0.900. The SMILES string of the molecule is CCNC(Cc1cnn(C)c1)c1ccc(F)cc1F.